The van der Waals surface area contributed by atoms with Crippen molar-refractivity contribution in [1.82, 2.24) is 5.32 Å². The number of hydrogen-bond acceptors (Lipinski definition) is 7. The molecule has 0 aliphatic carbocycles. The van der Waals surface area contributed by atoms with E-state index >= 15 is 0 Å². The lowest BCUT2D eigenvalue weighted by atomic mass is 10.1. The number of nitrogens with zero attached hydrogens (tertiary/aromatic N) is 2. The normalized spacial score (nSPS) is 16.1. The first-order valence-corrected chi connectivity index (χ1v) is 9.62. The number of hydrogen-bond donors (Lipinski definition) is 1. The molecule has 0 bridgehead atoms. The van der Waals surface area contributed by atoms with E-state index < -0.39 is 4.92 Å². The van der Waals surface area contributed by atoms with E-state index in [0.29, 0.717) is 39.3 Å². The molecule has 0 spiro atoms. The molecule has 1 saturated heterocycles. The Hall–Kier alpha value is -3.85. The number of carbonyl (C=O) groups is 1. The smallest absolute Gasteiger partial charge is 0.289 e. The van der Waals surface area contributed by atoms with Crippen molar-refractivity contribution in [2.45, 2.75) is 0 Å². The van der Waals surface area contributed by atoms with Gasteiger partial charge in [0.05, 0.1) is 28.2 Å². The highest BCUT2D eigenvalue weighted by Gasteiger charge is 2.24. The zero-order valence-electron chi connectivity index (χ0n) is 15.7. The predicted molar refractivity (Wildman–Crippen MR) is 115 cm³/mol. The van der Waals surface area contributed by atoms with Crippen LogP contribution in [0.5, 0.6) is 5.75 Å². The van der Waals surface area contributed by atoms with Crippen molar-refractivity contribution in [3.05, 3.63) is 81.4 Å². The van der Waals surface area contributed by atoms with Crippen molar-refractivity contribution >= 4 is 40.3 Å². The Labute approximate surface area is 175 Å². The largest absolute Gasteiger partial charge is 0.497 e. The second-order valence-electron chi connectivity index (χ2n) is 6.16. The van der Waals surface area contributed by atoms with Crippen LogP contribution in [-0.4, -0.2) is 23.1 Å². The summed E-state index contributed by atoms with van der Waals surface area (Å²) >= 11 is 0.996. The quantitative estimate of drug-likeness (QED) is 0.437. The minimum atomic E-state index is -0.453. The van der Waals surface area contributed by atoms with Crippen LogP contribution in [0.15, 0.2) is 75.0 Å². The summed E-state index contributed by atoms with van der Waals surface area (Å²) in [5, 5.41) is 13.7. The fourth-order valence-corrected chi connectivity index (χ4v) is 3.56. The van der Waals surface area contributed by atoms with Crippen molar-refractivity contribution < 1.29 is 18.9 Å². The number of amidine groups is 1. The van der Waals surface area contributed by atoms with E-state index in [1.54, 1.807) is 67.8 Å². The summed E-state index contributed by atoms with van der Waals surface area (Å²) < 4.78 is 10.9. The number of methoxy groups -OCH3 is 1. The summed E-state index contributed by atoms with van der Waals surface area (Å²) in [7, 11) is 1.58. The van der Waals surface area contributed by atoms with Crippen LogP contribution in [0.4, 0.5) is 16.2 Å². The summed E-state index contributed by atoms with van der Waals surface area (Å²) in [6, 6.07) is 16.8. The van der Waals surface area contributed by atoms with E-state index in [0.717, 1.165) is 11.8 Å². The van der Waals surface area contributed by atoms with Crippen LogP contribution in [0.2, 0.25) is 0 Å². The zero-order valence-corrected chi connectivity index (χ0v) is 16.5. The molecule has 1 aliphatic heterocycles. The van der Waals surface area contributed by atoms with E-state index in [2.05, 4.69) is 10.3 Å². The maximum Gasteiger partial charge on any atom is 0.289 e. The molecule has 8 nitrogen and oxygen atoms in total. The van der Waals surface area contributed by atoms with Crippen LogP contribution in [0.3, 0.4) is 0 Å². The number of furan rings is 1. The van der Waals surface area contributed by atoms with Crippen LogP contribution in [0.1, 0.15) is 5.76 Å². The van der Waals surface area contributed by atoms with E-state index in [1.807, 2.05) is 0 Å². The van der Waals surface area contributed by atoms with E-state index in [4.69, 9.17) is 9.15 Å². The number of nitro groups is 1. The maximum atomic E-state index is 11.9. The molecule has 1 fully saturated rings. The molecule has 9 heteroatoms. The van der Waals surface area contributed by atoms with Crippen molar-refractivity contribution in [3.63, 3.8) is 0 Å². The van der Waals surface area contributed by atoms with Gasteiger partial charge < -0.3 is 14.5 Å². The number of carbonyl (C=O) groups excluding carboxylic acids is 1. The Morgan fingerprint density at radius 3 is 2.63 bits per heavy atom. The van der Waals surface area contributed by atoms with Crippen molar-refractivity contribution in [2.24, 2.45) is 4.99 Å². The first-order chi connectivity index (χ1) is 14.5. The van der Waals surface area contributed by atoms with Gasteiger partial charge in [0.2, 0.25) is 0 Å². The lowest BCUT2D eigenvalue weighted by molar-refractivity contribution is -0.384. The summed E-state index contributed by atoms with van der Waals surface area (Å²) in [6.07, 6.45) is 1.67. The molecule has 1 aliphatic rings. The number of amides is 1. The molecule has 30 heavy (non-hydrogen) atoms. The molecule has 0 unspecified atom stereocenters. The van der Waals surface area contributed by atoms with E-state index in [1.165, 1.54) is 6.07 Å². The van der Waals surface area contributed by atoms with Gasteiger partial charge in [-0.1, -0.05) is 12.1 Å². The number of nitro benzene ring substituents is 1. The third-order valence-electron chi connectivity index (χ3n) is 4.24. The summed E-state index contributed by atoms with van der Waals surface area (Å²) in [4.78, 5) is 27.8. The van der Waals surface area contributed by atoms with Gasteiger partial charge in [0.25, 0.3) is 10.9 Å². The number of aliphatic imine (C=N–C) groups is 1. The molecule has 2 heterocycles. The monoisotopic (exact) mass is 421 g/mol. The van der Waals surface area contributed by atoms with Gasteiger partial charge in [0, 0.05) is 6.07 Å². The second-order valence-corrected chi connectivity index (χ2v) is 7.17. The molecule has 150 valence electrons. The molecule has 0 atom stereocenters. The second kappa shape index (κ2) is 8.26. The van der Waals surface area contributed by atoms with E-state index in [-0.39, 0.29) is 10.9 Å². The first-order valence-electron chi connectivity index (χ1n) is 8.81. The maximum absolute atomic E-state index is 11.9. The van der Waals surface area contributed by atoms with Gasteiger partial charge in [0.15, 0.2) is 0 Å². The summed E-state index contributed by atoms with van der Waals surface area (Å²) in [5.74, 6) is 1.92. The predicted octanol–water partition coefficient (Wildman–Crippen LogP) is 5.39. The van der Waals surface area contributed by atoms with Crippen LogP contribution in [0, 0.1) is 10.1 Å². The third kappa shape index (κ3) is 4.11. The van der Waals surface area contributed by atoms with Crippen molar-refractivity contribution in [2.75, 3.05) is 7.11 Å². The highest BCUT2D eigenvalue weighted by molar-refractivity contribution is 8.18. The van der Waals surface area contributed by atoms with Crippen molar-refractivity contribution in [3.8, 4) is 17.1 Å². The number of para-hydroxylation sites is 1. The molecule has 0 saturated carbocycles. The van der Waals surface area contributed by atoms with Gasteiger partial charge in [0.1, 0.15) is 23.1 Å². The standard InChI is InChI=1S/C21H15N3O5S/c1-28-14-8-6-13(7-9-14)22-20-19(30-21(25)23-20)12-15-10-11-18(29-15)16-4-2-3-5-17(16)24(26)27/h2-12H,1H3,(H,22,23,25). The fourth-order valence-electron chi connectivity index (χ4n) is 2.84. The molecule has 0 radical (unpaired) electrons. The van der Waals surface area contributed by atoms with Crippen LogP contribution >= 0.6 is 11.8 Å². The molecular formula is C21H15N3O5S. The number of rotatable bonds is 5. The summed E-state index contributed by atoms with van der Waals surface area (Å²) in [5.41, 5.74) is 0.993. The molecule has 2 aromatic carbocycles. The van der Waals surface area contributed by atoms with Gasteiger partial charge >= 0.3 is 0 Å². The molecule has 1 amide bonds. The number of ether oxygens (including phenoxy) is 1. The van der Waals surface area contributed by atoms with Gasteiger partial charge in [-0.25, -0.2) is 4.99 Å². The molecule has 1 aromatic heterocycles. The highest BCUT2D eigenvalue weighted by Crippen LogP contribution is 2.33. The number of nitrogens with one attached hydrogen (secondary N) is 1. The molecular weight excluding hydrogens is 406 g/mol. The average molecular weight is 421 g/mol. The van der Waals surface area contributed by atoms with Crippen LogP contribution in [0.25, 0.3) is 17.4 Å². The van der Waals surface area contributed by atoms with Gasteiger partial charge in [-0.05, 0) is 60.3 Å². The van der Waals surface area contributed by atoms with Crippen LogP contribution < -0.4 is 10.1 Å². The number of benzene rings is 2. The molecule has 1 N–H and O–H groups in total. The minimum Gasteiger partial charge on any atom is -0.497 e. The Morgan fingerprint density at radius 2 is 1.90 bits per heavy atom. The van der Waals surface area contributed by atoms with Gasteiger partial charge in [-0.2, -0.15) is 0 Å². The zero-order chi connectivity index (χ0) is 21.1. The van der Waals surface area contributed by atoms with Crippen molar-refractivity contribution in [1.29, 1.82) is 0 Å². The lowest BCUT2D eigenvalue weighted by Gasteiger charge is -2.01. The Kier molecular flexibility index (Phi) is 5.36. The summed E-state index contributed by atoms with van der Waals surface area (Å²) in [6.45, 7) is 0. The fraction of sp³-hybridized carbons (Fsp3) is 0.0476. The topological polar surface area (TPSA) is 107 Å². The average Bonchev–Trinajstić information content (AvgIpc) is 3.35. The van der Waals surface area contributed by atoms with Gasteiger partial charge in [-0.3, -0.25) is 14.9 Å². The first kappa shape index (κ1) is 19.5. The van der Waals surface area contributed by atoms with Crippen LogP contribution in [-0.2, 0) is 0 Å². The number of thioether (sulfide) groups is 1. The highest BCUT2D eigenvalue weighted by atomic mass is 32.2. The van der Waals surface area contributed by atoms with E-state index in [9.17, 15) is 14.9 Å². The lowest BCUT2D eigenvalue weighted by Crippen LogP contribution is -2.18. The Morgan fingerprint density at radius 1 is 1.13 bits per heavy atom. The SMILES string of the molecule is COc1ccc(N=C2NC(=O)SC2=Cc2ccc(-c3ccccc3[N+](=O)[O-])o2)cc1. The molecule has 4 rings (SSSR count). The van der Waals surface area contributed by atoms with Gasteiger partial charge in [-0.15, -0.1) is 0 Å². The molecule has 3 aromatic rings. The Balaban J connectivity index is 1.64. The third-order valence-corrected chi connectivity index (χ3v) is 5.05. The minimum absolute atomic E-state index is 0.0418. The Bertz CT molecular complexity index is 1180.